The summed E-state index contributed by atoms with van der Waals surface area (Å²) in [7, 11) is 0. The summed E-state index contributed by atoms with van der Waals surface area (Å²) in [5.74, 6) is 0.628. The molecular weight excluding hydrogens is 328 g/mol. The van der Waals surface area contributed by atoms with E-state index < -0.39 is 0 Å². The largest absolute Gasteiger partial charge is 0.379 e. The first-order chi connectivity index (χ1) is 12.7. The number of morpholine rings is 1. The number of pyridine rings is 1. The molecule has 0 atom stereocenters. The highest BCUT2D eigenvalue weighted by atomic mass is 16.5. The molecule has 2 aromatic rings. The summed E-state index contributed by atoms with van der Waals surface area (Å²) in [6.07, 6.45) is 2.59. The molecule has 1 aromatic carbocycles. The van der Waals surface area contributed by atoms with Crippen molar-refractivity contribution >= 4 is 17.4 Å². The summed E-state index contributed by atoms with van der Waals surface area (Å²) in [5, 5.41) is 6.19. The average molecular weight is 354 g/mol. The van der Waals surface area contributed by atoms with E-state index in [2.05, 4.69) is 27.4 Å². The van der Waals surface area contributed by atoms with Gasteiger partial charge in [0.1, 0.15) is 5.82 Å². The van der Waals surface area contributed by atoms with E-state index in [9.17, 15) is 4.79 Å². The molecule has 0 bridgehead atoms. The molecule has 1 aromatic heterocycles. The molecular formula is C20H26N4O2. The van der Waals surface area contributed by atoms with Crippen molar-refractivity contribution in [2.75, 3.05) is 50.0 Å². The second kappa shape index (κ2) is 9.31. The molecule has 0 saturated carbocycles. The molecule has 0 spiro atoms. The number of rotatable bonds is 7. The Morgan fingerprint density at radius 1 is 1.15 bits per heavy atom. The van der Waals surface area contributed by atoms with E-state index in [-0.39, 0.29) is 5.91 Å². The molecule has 138 valence electrons. The van der Waals surface area contributed by atoms with Crippen molar-refractivity contribution in [1.82, 2.24) is 9.88 Å². The lowest BCUT2D eigenvalue weighted by Gasteiger charge is -2.26. The van der Waals surface area contributed by atoms with Gasteiger partial charge in [0.2, 0.25) is 0 Å². The van der Waals surface area contributed by atoms with E-state index >= 15 is 0 Å². The highest BCUT2D eigenvalue weighted by Gasteiger charge is 2.10. The smallest absolute Gasteiger partial charge is 0.257 e. The zero-order chi connectivity index (χ0) is 18.2. The molecule has 0 radical (unpaired) electrons. The zero-order valence-corrected chi connectivity index (χ0v) is 15.2. The number of carbonyl (C=O) groups is 1. The van der Waals surface area contributed by atoms with E-state index in [4.69, 9.17) is 4.74 Å². The third kappa shape index (κ3) is 5.28. The Balaban J connectivity index is 1.47. The van der Waals surface area contributed by atoms with Crippen LogP contribution in [0.4, 0.5) is 11.5 Å². The third-order valence-corrected chi connectivity index (χ3v) is 4.48. The molecule has 1 amide bonds. The summed E-state index contributed by atoms with van der Waals surface area (Å²) in [6, 6.07) is 11.5. The Kier molecular flexibility index (Phi) is 6.57. The predicted molar refractivity (Wildman–Crippen MR) is 104 cm³/mol. The highest BCUT2D eigenvalue weighted by molar-refractivity contribution is 6.04. The van der Waals surface area contributed by atoms with Crippen LogP contribution in [-0.2, 0) is 11.2 Å². The van der Waals surface area contributed by atoms with Crippen molar-refractivity contribution in [1.29, 1.82) is 0 Å². The minimum Gasteiger partial charge on any atom is -0.379 e. The fraction of sp³-hybridized carbons (Fsp3) is 0.400. The van der Waals surface area contributed by atoms with E-state index in [1.807, 2.05) is 30.3 Å². The summed E-state index contributed by atoms with van der Waals surface area (Å²) >= 11 is 0. The van der Waals surface area contributed by atoms with Gasteiger partial charge < -0.3 is 15.4 Å². The van der Waals surface area contributed by atoms with Crippen molar-refractivity contribution in [2.24, 2.45) is 0 Å². The van der Waals surface area contributed by atoms with Gasteiger partial charge in [-0.05, 0) is 36.2 Å². The van der Waals surface area contributed by atoms with Crippen molar-refractivity contribution in [3.63, 3.8) is 0 Å². The molecule has 6 nitrogen and oxygen atoms in total. The van der Waals surface area contributed by atoms with E-state index in [1.54, 1.807) is 12.3 Å². The Hall–Kier alpha value is -2.44. The molecule has 3 rings (SSSR count). The standard InChI is InChI=1S/C20H26N4O2/c1-2-16-3-6-18(7-4-16)23-20(25)17-5-8-19(22-15-17)21-9-10-24-11-13-26-14-12-24/h3-8,15H,2,9-14H2,1H3,(H,21,22)(H,23,25). The number of ether oxygens (including phenoxy) is 1. The van der Waals surface area contributed by atoms with Crippen LogP contribution >= 0.6 is 0 Å². The maximum atomic E-state index is 12.3. The first kappa shape index (κ1) is 18.4. The van der Waals surface area contributed by atoms with Gasteiger partial charge in [-0.2, -0.15) is 0 Å². The predicted octanol–water partition coefficient (Wildman–Crippen LogP) is 2.64. The van der Waals surface area contributed by atoms with Gasteiger partial charge in [0.25, 0.3) is 5.91 Å². The quantitative estimate of drug-likeness (QED) is 0.800. The van der Waals surface area contributed by atoms with Gasteiger partial charge in [-0.25, -0.2) is 4.98 Å². The lowest BCUT2D eigenvalue weighted by atomic mass is 10.1. The Bertz CT molecular complexity index is 695. The molecule has 0 unspecified atom stereocenters. The maximum absolute atomic E-state index is 12.3. The fourth-order valence-electron chi connectivity index (χ4n) is 2.83. The molecule has 1 aliphatic heterocycles. The van der Waals surface area contributed by atoms with Crippen molar-refractivity contribution in [3.8, 4) is 0 Å². The molecule has 26 heavy (non-hydrogen) atoms. The SMILES string of the molecule is CCc1ccc(NC(=O)c2ccc(NCCN3CCOCC3)nc2)cc1. The number of carbonyl (C=O) groups excluding carboxylic acids is 1. The number of amides is 1. The van der Waals surface area contributed by atoms with Crippen LogP contribution in [0.5, 0.6) is 0 Å². The van der Waals surface area contributed by atoms with Crippen LogP contribution in [-0.4, -0.2) is 55.2 Å². The van der Waals surface area contributed by atoms with Crippen LogP contribution in [0.1, 0.15) is 22.8 Å². The van der Waals surface area contributed by atoms with Gasteiger partial charge in [0, 0.05) is 38.1 Å². The van der Waals surface area contributed by atoms with Gasteiger partial charge in [-0.15, -0.1) is 0 Å². The van der Waals surface area contributed by atoms with Crippen LogP contribution in [0.2, 0.25) is 0 Å². The normalized spacial score (nSPS) is 14.8. The van der Waals surface area contributed by atoms with Gasteiger partial charge in [-0.1, -0.05) is 19.1 Å². The van der Waals surface area contributed by atoms with Gasteiger partial charge in [0.05, 0.1) is 18.8 Å². The minimum absolute atomic E-state index is 0.151. The number of hydrogen-bond donors (Lipinski definition) is 2. The number of anilines is 2. The van der Waals surface area contributed by atoms with Crippen molar-refractivity contribution < 1.29 is 9.53 Å². The summed E-state index contributed by atoms with van der Waals surface area (Å²) in [6.45, 7) is 7.46. The Labute approximate surface area is 154 Å². The lowest BCUT2D eigenvalue weighted by molar-refractivity contribution is 0.0398. The van der Waals surface area contributed by atoms with Gasteiger partial charge >= 0.3 is 0 Å². The number of nitrogens with one attached hydrogen (secondary N) is 2. The van der Waals surface area contributed by atoms with Crippen molar-refractivity contribution in [3.05, 3.63) is 53.7 Å². The van der Waals surface area contributed by atoms with E-state index in [0.717, 1.165) is 57.3 Å². The van der Waals surface area contributed by atoms with Crippen LogP contribution in [0.3, 0.4) is 0 Å². The Morgan fingerprint density at radius 2 is 1.92 bits per heavy atom. The first-order valence-electron chi connectivity index (χ1n) is 9.15. The summed E-state index contributed by atoms with van der Waals surface area (Å²) in [5.41, 5.74) is 2.58. The average Bonchev–Trinajstić information content (AvgIpc) is 2.70. The lowest BCUT2D eigenvalue weighted by Crippen LogP contribution is -2.39. The fourth-order valence-corrected chi connectivity index (χ4v) is 2.83. The Morgan fingerprint density at radius 3 is 2.58 bits per heavy atom. The first-order valence-corrected chi connectivity index (χ1v) is 9.15. The van der Waals surface area contributed by atoms with Crippen LogP contribution in [0.25, 0.3) is 0 Å². The number of nitrogens with zero attached hydrogens (tertiary/aromatic N) is 2. The zero-order valence-electron chi connectivity index (χ0n) is 15.2. The second-order valence-corrected chi connectivity index (χ2v) is 6.32. The van der Waals surface area contributed by atoms with Crippen LogP contribution in [0.15, 0.2) is 42.6 Å². The van der Waals surface area contributed by atoms with Crippen LogP contribution < -0.4 is 10.6 Å². The number of aryl methyl sites for hydroxylation is 1. The minimum atomic E-state index is -0.151. The molecule has 0 aliphatic carbocycles. The monoisotopic (exact) mass is 354 g/mol. The summed E-state index contributed by atoms with van der Waals surface area (Å²) in [4.78, 5) is 19.0. The number of benzene rings is 1. The highest BCUT2D eigenvalue weighted by Crippen LogP contribution is 2.12. The second-order valence-electron chi connectivity index (χ2n) is 6.32. The molecule has 1 aliphatic rings. The topological polar surface area (TPSA) is 66.5 Å². The molecule has 2 heterocycles. The summed E-state index contributed by atoms with van der Waals surface area (Å²) < 4.78 is 5.34. The van der Waals surface area contributed by atoms with E-state index in [0.29, 0.717) is 5.56 Å². The molecule has 1 saturated heterocycles. The van der Waals surface area contributed by atoms with Crippen LogP contribution in [0, 0.1) is 0 Å². The number of hydrogen-bond acceptors (Lipinski definition) is 5. The van der Waals surface area contributed by atoms with E-state index in [1.165, 1.54) is 5.56 Å². The molecule has 1 fully saturated rings. The van der Waals surface area contributed by atoms with Crippen molar-refractivity contribution in [2.45, 2.75) is 13.3 Å². The maximum Gasteiger partial charge on any atom is 0.257 e. The molecule has 2 N–H and O–H groups in total. The number of aromatic nitrogens is 1. The van der Waals surface area contributed by atoms with Gasteiger partial charge in [0.15, 0.2) is 0 Å². The third-order valence-electron chi connectivity index (χ3n) is 4.48. The van der Waals surface area contributed by atoms with Gasteiger partial charge in [-0.3, -0.25) is 9.69 Å². The molecule has 6 heteroatoms.